The minimum absolute atomic E-state index is 0.215. The van der Waals surface area contributed by atoms with Crippen molar-refractivity contribution in [2.45, 2.75) is 31.8 Å². The Hall–Kier alpha value is -10.4. The molecule has 5 heteroatoms. The van der Waals surface area contributed by atoms with E-state index in [0.717, 1.165) is 63.9 Å². The highest BCUT2D eigenvalue weighted by atomic mass is 15.1. The number of aryl methyl sites for hydroxylation is 1. The number of fused-ring (bicyclic) bond motifs is 14. The molecule has 13 aromatic rings. The fourth-order valence-electron chi connectivity index (χ4n) is 13.8. The maximum absolute atomic E-state index is 4.59. The summed E-state index contributed by atoms with van der Waals surface area (Å²) >= 11 is 0. The van der Waals surface area contributed by atoms with E-state index in [1.54, 1.807) is 0 Å². The summed E-state index contributed by atoms with van der Waals surface area (Å²) in [5.74, 6) is 0. The van der Waals surface area contributed by atoms with Gasteiger partial charge in [-0.1, -0.05) is 177 Å². The molecule has 16 rings (SSSR count). The zero-order valence-electron chi connectivity index (χ0n) is 45.5. The van der Waals surface area contributed by atoms with Crippen molar-refractivity contribution in [1.82, 2.24) is 18.3 Å². The number of rotatable bonds is 9. The molecule has 4 aromatic heterocycles. The third-order valence-corrected chi connectivity index (χ3v) is 17.5. The molecule has 2 aliphatic carbocycles. The van der Waals surface area contributed by atoms with Gasteiger partial charge in [-0.2, -0.15) is 0 Å². The molecular formula is C77H57N5. The van der Waals surface area contributed by atoms with E-state index >= 15 is 0 Å². The van der Waals surface area contributed by atoms with Crippen LogP contribution in [0.15, 0.2) is 274 Å². The lowest BCUT2D eigenvalue weighted by molar-refractivity contribution is 0.779. The van der Waals surface area contributed by atoms with Crippen molar-refractivity contribution in [3.8, 4) is 28.2 Å². The second kappa shape index (κ2) is 19.2. The predicted molar refractivity (Wildman–Crippen MR) is 349 cm³/mol. The van der Waals surface area contributed by atoms with Crippen LogP contribution in [0.1, 0.15) is 35.2 Å². The first-order valence-electron chi connectivity index (χ1n) is 28.7. The fourth-order valence-corrected chi connectivity index (χ4v) is 13.8. The molecule has 0 bridgehead atoms. The van der Waals surface area contributed by atoms with Crippen molar-refractivity contribution in [2.75, 3.05) is 4.90 Å². The molecule has 0 saturated heterocycles. The Morgan fingerprint density at radius 1 is 0.500 bits per heavy atom. The summed E-state index contributed by atoms with van der Waals surface area (Å²) in [6.45, 7) is 9.55. The normalized spacial score (nSPS) is 16.0. The van der Waals surface area contributed by atoms with Crippen LogP contribution in [-0.4, -0.2) is 24.3 Å². The SMILES string of the molecule is C=C/C=C(\Cn1c2ccccc2c2ccc3c4c(n(-c5ccccc5)c3c21)C=CCC4)c1ccc2c(c1)c1cc(-c3ccc(-n4c5ccccc5c5cc6c(cc54)C(=C)/C=C\C=C/N6C4C=CC=CC4)cc3)ccc1n2-c1ccccc1. The Kier molecular flexibility index (Phi) is 11.1. The topological polar surface area (TPSA) is 23.0 Å². The zero-order chi connectivity index (χ0) is 54.4. The van der Waals surface area contributed by atoms with E-state index in [0.29, 0.717) is 6.54 Å². The third-order valence-electron chi connectivity index (χ3n) is 17.5. The van der Waals surface area contributed by atoms with Gasteiger partial charge in [0.15, 0.2) is 0 Å². The molecule has 3 aliphatic rings. The Bertz CT molecular complexity index is 5000. The van der Waals surface area contributed by atoms with Crippen molar-refractivity contribution in [1.29, 1.82) is 0 Å². The third kappa shape index (κ3) is 7.47. The van der Waals surface area contributed by atoms with Crippen LogP contribution in [0.2, 0.25) is 0 Å². The maximum Gasteiger partial charge on any atom is 0.0782 e. The molecule has 0 spiro atoms. The number of allylic oxidation sites excluding steroid dienone is 10. The summed E-state index contributed by atoms with van der Waals surface area (Å²) < 4.78 is 9.92. The van der Waals surface area contributed by atoms with Crippen molar-refractivity contribution in [3.05, 3.63) is 297 Å². The van der Waals surface area contributed by atoms with E-state index in [2.05, 4.69) is 297 Å². The van der Waals surface area contributed by atoms with E-state index < -0.39 is 0 Å². The Morgan fingerprint density at radius 2 is 1.16 bits per heavy atom. The molecule has 0 saturated carbocycles. The number of anilines is 1. The number of aromatic nitrogens is 4. The maximum atomic E-state index is 4.59. The summed E-state index contributed by atoms with van der Waals surface area (Å²) in [6, 6.07) is 72.3. The highest BCUT2D eigenvalue weighted by Gasteiger charge is 2.26. The van der Waals surface area contributed by atoms with E-state index in [1.807, 2.05) is 6.08 Å². The van der Waals surface area contributed by atoms with Gasteiger partial charge in [-0.15, -0.1) is 0 Å². The van der Waals surface area contributed by atoms with E-state index in [-0.39, 0.29) is 6.04 Å². The van der Waals surface area contributed by atoms with Crippen molar-refractivity contribution < 1.29 is 0 Å². The molecule has 5 nitrogen and oxygen atoms in total. The molecule has 5 heterocycles. The number of hydrogen-bond donors (Lipinski definition) is 0. The van der Waals surface area contributed by atoms with E-state index in [4.69, 9.17) is 0 Å². The standard InChI is InChI=1S/C77H57N5/c1-3-21-55(50-79-69-32-16-13-29-60(69)63-41-42-64-61-30-14-18-34-71(61)82(77(64)76(63)79)58-27-11-6-12-28-58)54-38-44-73-67(47-54)66-46-53(37-43-72(66)80(73)57-25-9-5-10-26-57)52-35-39-59(40-36-52)81-70-33-17-15-31-62(70)68-49-74-65(48-75(68)81)51(2)22-19-20-45-78(74)56-23-7-4-8-24-56/h3-13,15-23,25-29,31-49,56H,1-2,14,24,30,50H2/b22-19-,45-20-,55-21+. The van der Waals surface area contributed by atoms with Gasteiger partial charge in [-0.25, -0.2) is 0 Å². The van der Waals surface area contributed by atoms with Gasteiger partial charge in [0, 0.05) is 90.0 Å². The Morgan fingerprint density at radius 3 is 1.94 bits per heavy atom. The average molecular weight is 1050 g/mol. The van der Waals surface area contributed by atoms with Gasteiger partial charge in [-0.3, -0.25) is 0 Å². The molecule has 0 radical (unpaired) electrons. The van der Waals surface area contributed by atoms with Gasteiger partial charge in [0.05, 0.1) is 39.1 Å². The Balaban J connectivity index is 0.826. The summed E-state index contributed by atoms with van der Waals surface area (Å²) in [5.41, 5.74) is 22.5. The minimum Gasteiger partial charge on any atom is -0.340 e. The highest BCUT2D eigenvalue weighted by molar-refractivity contribution is 6.19. The van der Waals surface area contributed by atoms with Gasteiger partial charge >= 0.3 is 0 Å². The van der Waals surface area contributed by atoms with Crippen LogP contribution >= 0.6 is 0 Å². The molecule has 390 valence electrons. The number of nitrogens with zero attached hydrogens (tertiary/aromatic N) is 5. The van der Waals surface area contributed by atoms with Gasteiger partial charge in [-0.05, 0) is 150 Å². The summed E-state index contributed by atoms with van der Waals surface area (Å²) in [7, 11) is 0. The minimum atomic E-state index is 0.215. The molecular weight excluding hydrogens is 995 g/mol. The summed E-state index contributed by atoms with van der Waals surface area (Å²) in [4.78, 5) is 2.41. The molecule has 0 fully saturated rings. The first-order chi connectivity index (χ1) is 40.6. The largest absolute Gasteiger partial charge is 0.340 e. The van der Waals surface area contributed by atoms with E-state index in [9.17, 15) is 0 Å². The summed E-state index contributed by atoms with van der Waals surface area (Å²) in [6.07, 6.45) is 29.3. The Labute approximate surface area is 476 Å². The van der Waals surface area contributed by atoms with Crippen LogP contribution < -0.4 is 4.90 Å². The zero-order valence-corrected chi connectivity index (χ0v) is 45.5. The smallest absolute Gasteiger partial charge is 0.0782 e. The monoisotopic (exact) mass is 1050 g/mol. The molecule has 1 atom stereocenters. The molecule has 1 unspecified atom stereocenters. The lowest BCUT2D eigenvalue weighted by Gasteiger charge is -2.32. The van der Waals surface area contributed by atoms with Crippen LogP contribution in [0.4, 0.5) is 5.69 Å². The van der Waals surface area contributed by atoms with Gasteiger partial charge in [0.1, 0.15) is 0 Å². The van der Waals surface area contributed by atoms with Gasteiger partial charge < -0.3 is 23.2 Å². The summed E-state index contributed by atoms with van der Waals surface area (Å²) in [5, 5.41) is 8.69. The molecule has 82 heavy (non-hydrogen) atoms. The molecule has 0 amide bonds. The van der Waals surface area contributed by atoms with Gasteiger partial charge in [0.2, 0.25) is 0 Å². The second-order valence-electron chi connectivity index (χ2n) is 22.0. The predicted octanol–water partition coefficient (Wildman–Crippen LogP) is 19.6. The van der Waals surface area contributed by atoms with Crippen LogP contribution in [0.5, 0.6) is 0 Å². The van der Waals surface area contributed by atoms with Crippen LogP contribution in [0.3, 0.4) is 0 Å². The molecule has 1 aliphatic heterocycles. The lowest BCUT2D eigenvalue weighted by atomic mass is 9.97. The lowest BCUT2D eigenvalue weighted by Crippen LogP contribution is -2.30. The van der Waals surface area contributed by atoms with Crippen molar-refractivity contribution in [2.24, 2.45) is 0 Å². The fraction of sp³-hybridized carbons (Fsp3) is 0.0649. The van der Waals surface area contributed by atoms with Crippen LogP contribution in [0.25, 0.3) is 122 Å². The number of benzene rings is 9. The first kappa shape index (κ1) is 47.6. The van der Waals surface area contributed by atoms with Gasteiger partial charge in [0.25, 0.3) is 0 Å². The second-order valence-corrected chi connectivity index (χ2v) is 22.0. The molecule has 9 aromatic carbocycles. The van der Waals surface area contributed by atoms with Crippen LogP contribution in [0, 0.1) is 0 Å². The quantitative estimate of drug-likeness (QED) is 0.132. The van der Waals surface area contributed by atoms with E-state index in [1.165, 1.54) is 99.1 Å². The average Bonchev–Trinajstić information content (AvgIpc) is 3.88. The number of para-hydroxylation sites is 4. The number of hydrogen-bond acceptors (Lipinski definition) is 1. The molecule has 0 N–H and O–H groups in total. The first-order valence-corrected chi connectivity index (χ1v) is 28.7. The van der Waals surface area contributed by atoms with Crippen molar-refractivity contribution >= 4 is 99.2 Å². The van der Waals surface area contributed by atoms with Crippen molar-refractivity contribution in [3.63, 3.8) is 0 Å². The van der Waals surface area contributed by atoms with Crippen LogP contribution in [-0.2, 0) is 13.0 Å². The highest BCUT2D eigenvalue weighted by Crippen LogP contribution is 2.45.